The molecule has 1 aromatic heterocycles. The maximum Gasteiger partial charge on any atom is 0.212 e. The summed E-state index contributed by atoms with van der Waals surface area (Å²) in [5.41, 5.74) is 8.64. The van der Waals surface area contributed by atoms with Crippen LogP contribution in [0.2, 0.25) is 0 Å². The average molecular weight is 287 g/mol. The van der Waals surface area contributed by atoms with Gasteiger partial charge >= 0.3 is 0 Å². The summed E-state index contributed by atoms with van der Waals surface area (Å²) in [6, 6.07) is 7.83. The highest BCUT2D eigenvalue weighted by Crippen LogP contribution is 2.24. The van der Waals surface area contributed by atoms with Crippen molar-refractivity contribution in [2.45, 2.75) is 31.3 Å². The van der Waals surface area contributed by atoms with Gasteiger partial charge in [-0.05, 0) is 24.1 Å². The van der Waals surface area contributed by atoms with Crippen LogP contribution in [-0.2, 0) is 6.42 Å². The number of thioether (sulfide) groups is 1. The molecule has 104 valence electrons. The monoisotopic (exact) mass is 287 g/mol. The number of unbranched alkanes of at least 4 members (excludes halogenated alkanes) is 1. The van der Waals surface area contributed by atoms with Gasteiger partial charge in [0, 0.05) is 17.9 Å². The standard InChI is InChI=1S/C14H17N5S/c1-2-3-4-13-16-17-14-19(13)18-12(9-20-14)10-5-7-11(15)8-6-10/h5-8H,2-4,9,15H2,1H3. The Morgan fingerprint density at radius 1 is 1.25 bits per heavy atom. The summed E-state index contributed by atoms with van der Waals surface area (Å²) in [6.45, 7) is 2.17. The Morgan fingerprint density at radius 2 is 2.05 bits per heavy atom. The maximum atomic E-state index is 5.72. The first kappa shape index (κ1) is 13.2. The lowest BCUT2D eigenvalue weighted by molar-refractivity contribution is 0.671. The minimum Gasteiger partial charge on any atom is -0.399 e. The molecule has 1 aliphatic rings. The molecule has 0 saturated heterocycles. The van der Waals surface area contributed by atoms with Crippen molar-refractivity contribution in [1.82, 2.24) is 14.9 Å². The van der Waals surface area contributed by atoms with E-state index in [0.29, 0.717) is 0 Å². The molecule has 0 aliphatic carbocycles. The number of benzene rings is 1. The van der Waals surface area contributed by atoms with Crippen molar-refractivity contribution in [3.63, 3.8) is 0 Å². The molecule has 2 aromatic rings. The molecule has 2 heterocycles. The van der Waals surface area contributed by atoms with Crippen molar-refractivity contribution >= 4 is 23.2 Å². The SMILES string of the molecule is CCCCc1nnc2n1N=C(c1ccc(N)cc1)CS2. The summed E-state index contributed by atoms with van der Waals surface area (Å²) in [5, 5.41) is 14.0. The minimum atomic E-state index is 0.770. The van der Waals surface area contributed by atoms with Crippen molar-refractivity contribution in [1.29, 1.82) is 0 Å². The van der Waals surface area contributed by atoms with E-state index in [2.05, 4.69) is 17.1 Å². The van der Waals surface area contributed by atoms with E-state index in [1.54, 1.807) is 11.8 Å². The van der Waals surface area contributed by atoms with Gasteiger partial charge in [-0.2, -0.15) is 9.78 Å². The fourth-order valence-electron chi connectivity index (χ4n) is 2.08. The van der Waals surface area contributed by atoms with Crippen LogP contribution < -0.4 is 5.73 Å². The zero-order valence-corrected chi connectivity index (χ0v) is 12.2. The molecule has 2 N–H and O–H groups in total. The lowest BCUT2D eigenvalue weighted by Crippen LogP contribution is -2.14. The number of hydrogen-bond acceptors (Lipinski definition) is 5. The highest BCUT2D eigenvalue weighted by atomic mass is 32.2. The Kier molecular flexibility index (Phi) is 3.73. The Hall–Kier alpha value is -1.82. The number of aromatic nitrogens is 3. The molecule has 0 atom stereocenters. The van der Waals surface area contributed by atoms with E-state index < -0.39 is 0 Å². The second-order valence-electron chi connectivity index (χ2n) is 4.77. The normalized spacial score (nSPS) is 13.9. The molecule has 20 heavy (non-hydrogen) atoms. The molecule has 3 rings (SSSR count). The van der Waals surface area contributed by atoms with Crippen molar-refractivity contribution < 1.29 is 0 Å². The van der Waals surface area contributed by atoms with Crippen LogP contribution in [0.1, 0.15) is 31.2 Å². The van der Waals surface area contributed by atoms with E-state index >= 15 is 0 Å². The summed E-state index contributed by atoms with van der Waals surface area (Å²) < 4.78 is 1.88. The van der Waals surface area contributed by atoms with Crippen LogP contribution in [-0.4, -0.2) is 26.3 Å². The van der Waals surface area contributed by atoms with Gasteiger partial charge in [-0.25, -0.2) is 0 Å². The van der Waals surface area contributed by atoms with E-state index in [9.17, 15) is 0 Å². The number of rotatable bonds is 4. The van der Waals surface area contributed by atoms with Crippen LogP contribution in [0.4, 0.5) is 5.69 Å². The van der Waals surface area contributed by atoms with Gasteiger partial charge in [0.25, 0.3) is 0 Å². The molecular weight excluding hydrogens is 270 g/mol. The molecule has 5 nitrogen and oxygen atoms in total. The van der Waals surface area contributed by atoms with Crippen molar-refractivity contribution in [3.8, 4) is 0 Å². The molecule has 0 amide bonds. The largest absolute Gasteiger partial charge is 0.399 e. The quantitative estimate of drug-likeness (QED) is 0.877. The van der Waals surface area contributed by atoms with Gasteiger partial charge in [0.2, 0.25) is 5.16 Å². The third kappa shape index (κ3) is 2.56. The predicted octanol–water partition coefficient (Wildman–Crippen LogP) is 2.56. The van der Waals surface area contributed by atoms with Crippen LogP contribution in [0.25, 0.3) is 0 Å². The lowest BCUT2D eigenvalue weighted by Gasteiger charge is -2.13. The topological polar surface area (TPSA) is 69.1 Å². The first-order chi connectivity index (χ1) is 9.78. The van der Waals surface area contributed by atoms with Crippen molar-refractivity contribution in [2.24, 2.45) is 5.10 Å². The number of hydrogen-bond donors (Lipinski definition) is 1. The Balaban J connectivity index is 1.92. The van der Waals surface area contributed by atoms with E-state index in [4.69, 9.17) is 10.8 Å². The van der Waals surface area contributed by atoms with E-state index in [-0.39, 0.29) is 0 Å². The van der Waals surface area contributed by atoms with Gasteiger partial charge in [0.05, 0.1) is 5.71 Å². The number of nitrogen functional groups attached to an aromatic ring is 1. The van der Waals surface area contributed by atoms with Crippen molar-refractivity contribution in [3.05, 3.63) is 35.7 Å². The predicted molar refractivity (Wildman–Crippen MR) is 82.1 cm³/mol. The minimum absolute atomic E-state index is 0.770. The molecular formula is C14H17N5S. The van der Waals surface area contributed by atoms with Gasteiger partial charge in [0.15, 0.2) is 5.82 Å². The Labute approximate surface area is 122 Å². The summed E-state index contributed by atoms with van der Waals surface area (Å²) >= 11 is 1.68. The summed E-state index contributed by atoms with van der Waals surface area (Å²) in [7, 11) is 0. The molecule has 0 unspecified atom stereocenters. The highest BCUT2D eigenvalue weighted by molar-refractivity contribution is 7.99. The Bertz CT molecular complexity index is 630. The van der Waals surface area contributed by atoms with Crippen molar-refractivity contribution in [2.75, 3.05) is 11.5 Å². The Morgan fingerprint density at radius 3 is 2.80 bits per heavy atom. The second-order valence-corrected chi connectivity index (χ2v) is 5.71. The van der Waals surface area contributed by atoms with Crippen LogP contribution >= 0.6 is 11.8 Å². The summed E-state index contributed by atoms with van der Waals surface area (Å²) in [4.78, 5) is 0. The molecule has 0 saturated carbocycles. The number of nitrogens with two attached hydrogens (primary N) is 1. The van der Waals surface area contributed by atoms with Crippen LogP contribution in [0.5, 0.6) is 0 Å². The number of fused-ring (bicyclic) bond motifs is 1. The molecule has 1 aromatic carbocycles. The van der Waals surface area contributed by atoms with E-state index in [1.165, 1.54) is 0 Å². The fraction of sp³-hybridized carbons (Fsp3) is 0.357. The first-order valence-corrected chi connectivity index (χ1v) is 7.77. The molecule has 1 aliphatic heterocycles. The third-order valence-electron chi connectivity index (χ3n) is 3.23. The molecule has 6 heteroatoms. The van der Waals surface area contributed by atoms with Crippen LogP contribution in [0, 0.1) is 0 Å². The van der Waals surface area contributed by atoms with Gasteiger partial charge < -0.3 is 5.73 Å². The summed E-state index contributed by atoms with van der Waals surface area (Å²) in [5.74, 6) is 1.76. The van der Waals surface area contributed by atoms with E-state index in [1.807, 2.05) is 28.9 Å². The third-order valence-corrected chi connectivity index (χ3v) is 4.16. The first-order valence-electron chi connectivity index (χ1n) is 6.79. The molecule has 0 radical (unpaired) electrons. The number of anilines is 1. The average Bonchev–Trinajstić information content (AvgIpc) is 2.88. The highest BCUT2D eigenvalue weighted by Gasteiger charge is 2.19. The zero-order valence-electron chi connectivity index (χ0n) is 11.4. The van der Waals surface area contributed by atoms with Gasteiger partial charge in [-0.1, -0.05) is 37.2 Å². The molecule has 0 fully saturated rings. The molecule has 0 bridgehead atoms. The van der Waals surface area contributed by atoms with Crippen LogP contribution in [0.3, 0.4) is 0 Å². The zero-order chi connectivity index (χ0) is 13.9. The van der Waals surface area contributed by atoms with E-state index in [0.717, 1.165) is 53.0 Å². The number of nitrogens with zero attached hydrogens (tertiary/aromatic N) is 4. The van der Waals surface area contributed by atoms with Crippen LogP contribution in [0.15, 0.2) is 34.5 Å². The smallest absolute Gasteiger partial charge is 0.212 e. The maximum absolute atomic E-state index is 5.72. The molecule has 0 spiro atoms. The second kappa shape index (κ2) is 5.66. The summed E-state index contributed by atoms with van der Waals surface area (Å²) in [6.07, 6.45) is 3.17. The van der Waals surface area contributed by atoms with Gasteiger partial charge in [-0.15, -0.1) is 10.2 Å². The fourth-order valence-corrected chi connectivity index (χ4v) is 2.93. The van der Waals surface area contributed by atoms with Gasteiger partial charge in [0.1, 0.15) is 0 Å². The van der Waals surface area contributed by atoms with Gasteiger partial charge in [-0.3, -0.25) is 0 Å². The lowest BCUT2D eigenvalue weighted by atomic mass is 10.1. The number of aryl methyl sites for hydroxylation is 1.